The number of nitrogens with one attached hydrogen (secondary N) is 1. The topological polar surface area (TPSA) is 85.7 Å². The Kier molecular flexibility index (Phi) is 7.37. The molecule has 1 fully saturated rings. The summed E-state index contributed by atoms with van der Waals surface area (Å²) in [7, 11) is 3.17. The zero-order valence-corrected chi connectivity index (χ0v) is 19.9. The van der Waals surface area contributed by atoms with E-state index in [-0.39, 0.29) is 17.4 Å². The number of anilines is 1. The van der Waals surface area contributed by atoms with Crippen LogP contribution in [-0.4, -0.2) is 43.0 Å². The third-order valence-corrected chi connectivity index (χ3v) is 6.10. The summed E-state index contributed by atoms with van der Waals surface area (Å²) in [6.45, 7) is 1.69. The van der Waals surface area contributed by atoms with Gasteiger partial charge in [-0.3, -0.25) is 9.59 Å². The molecule has 1 aliphatic heterocycles. The SMILES string of the molecule is COc1ccc(CNC(=O)[C@@H]2CCCN(c3ccc(=O)n(-c4cccc(Cl)c4)n3)C2)cc1OC. The van der Waals surface area contributed by atoms with Crippen molar-refractivity contribution in [3.8, 4) is 17.2 Å². The number of ether oxygens (including phenoxy) is 2. The fourth-order valence-corrected chi connectivity index (χ4v) is 4.27. The van der Waals surface area contributed by atoms with Gasteiger partial charge < -0.3 is 19.7 Å². The van der Waals surface area contributed by atoms with Crippen molar-refractivity contribution in [2.75, 3.05) is 32.2 Å². The molecule has 9 heteroatoms. The lowest BCUT2D eigenvalue weighted by molar-refractivity contribution is -0.125. The molecule has 1 N–H and O–H groups in total. The van der Waals surface area contributed by atoms with Crippen LogP contribution in [0, 0.1) is 5.92 Å². The number of nitrogens with zero attached hydrogens (tertiary/aromatic N) is 3. The fourth-order valence-electron chi connectivity index (χ4n) is 4.09. The van der Waals surface area contributed by atoms with E-state index in [9.17, 15) is 9.59 Å². The summed E-state index contributed by atoms with van der Waals surface area (Å²) in [6.07, 6.45) is 1.65. The van der Waals surface area contributed by atoms with Crippen molar-refractivity contribution >= 4 is 23.3 Å². The maximum Gasteiger partial charge on any atom is 0.271 e. The highest BCUT2D eigenvalue weighted by molar-refractivity contribution is 6.30. The maximum absolute atomic E-state index is 12.9. The van der Waals surface area contributed by atoms with Crippen molar-refractivity contribution in [1.82, 2.24) is 15.1 Å². The predicted molar refractivity (Wildman–Crippen MR) is 131 cm³/mol. The number of hydrogen-bond acceptors (Lipinski definition) is 6. The van der Waals surface area contributed by atoms with E-state index in [1.807, 2.05) is 23.1 Å². The van der Waals surface area contributed by atoms with E-state index in [0.29, 0.717) is 41.1 Å². The van der Waals surface area contributed by atoms with Gasteiger partial charge in [-0.05, 0) is 54.8 Å². The van der Waals surface area contributed by atoms with Gasteiger partial charge >= 0.3 is 0 Å². The molecule has 34 heavy (non-hydrogen) atoms. The Balaban J connectivity index is 1.44. The largest absolute Gasteiger partial charge is 0.493 e. The van der Waals surface area contributed by atoms with E-state index >= 15 is 0 Å². The normalized spacial score (nSPS) is 15.6. The van der Waals surface area contributed by atoms with Crippen molar-refractivity contribution in [1.29, 1.82) is 0 Å². The number of piperidine rings is 1. The molecular formula is C25H27ClN4O4. The summed E-state index contributed by atoms with van der Waals surface area (Å²) in [5.74, 6) is 1.73. The maximum atomic E-state index is 12.9. The van der Waals surface area contributed by atoms with Crippen LogP contribution in [0.25, 0.3) is 5.69 Å². The number of halogens is 1. The lowest BCUT2D eigenvalue weighted by atomic mass is 9.97. The summed E-state index contributed by atoms with van der Waals surface area (Å²) in [4.78, 5) is 27.4. The van der Waals surface area contributed by atoms with E-state index in [4.69, 9.17) is 21.1 Å². The highest BCUT2D eigenvalue weighted by Gasteiger charge is 2.27. The molecule has 1 atom stereocenters. The van der Waals surface area contributed by atoms with E-state index in [1.165, 1.54) is 10.7 Å². The molecule has 0 unspecified atom stereocenters. The van der Waals surface area contributed by atoms with E-state index in [0.717, 1.165) is 24.9 Å². The van der Waals surface area contributed by atoms with Crippen molar-refractivity contribution < 1.29 is 14.3 Å². The Hall–Kier alpha value is -3.52. The molecule has 0 spiro atoms. The second-order valence-corrected chi connectivity index (χ2v) is 8.55. The van der Waals surface area contributed by atoms with Gasteiger partial charge in [0, 0.05) is 30.7 Å². The number of amides is 1. The van der Waals surface area contributed by atoms with Crippen LogP contribution in [-0.2, 0) is 11.3 Å². The Morgan fingerprint density at radius 2 is 1.94 bits per heavy atom. The summed E-state index contributed by atoms with van der Waals surface area (Å²) >= 11 is 6.08. The third-order valence-electron chi connectivity index (χ3n) is 5.87. The lowest BCUT2D eigenvalue weighted by Crippen LogP contribution is -2.43. The van der Waals surface area contributed by atoms with Crippen molar-refractivity contribution in [3.05, 3.63) is 75.5 Å². The minimum Gasteiger partial charge on any atom is -0.493 e. The standard InChI is InChI=1S/C25H27ClN4O4/c1-33-21-9-8-17(13-22(21)34-2)15-27-25(32)18-5-4-12-29(16-18)23-10-11-24(31)30(28-23)20-7-3-6-19(26)14-20/h3,6-11,13-14,18H,4-5,12,15-16H2,1-2H3,(H,27,32)/t18-/m1/s1. The molecule has 1 aromatic heterocycles. The van der Waals surface area contributed by atoms with Crippen LogP contribution in [0.1, 0.15) is 18.4 Å². The Bertz CT molecular complexity index is 1230. The molecule has 1 amide bonds. The first-order valence-corrected chi connectivity index (χ1v) is 11.5. The van der Waals surface area contributed by atoms with Crippen LogP contribution in [0.4, 0.5) is 5.82 Å². The molecule has 1 aliphatic rings. The predicted octanol–water partition coefficient (Wildman–Crippen LogP) is 3.44. The molecule has 8 nitrogen and oxygen atoms in total. The zero-order chi connectivity index (χ0) is 24.1. The minimum absolute atomic E-state index is 0.0114. The van der Waals surface area contributed by atoms with Gasteiger partial charge in [0.25, 0.3) is 5.56 Å². The Morgan fingerprint density at radius 1 is 1.12 bits per heavy atom. The highest BCUT2D eigenvalue weighted by Crippen LogP contribution is 2.28. The molecule has 3 aromatic rings. The van der Waals surface area contributed by atoms with Gasteiger partial charge in [-0.25, -0.2) is 0 Å². The smallest absolute Gasteiger partial charge is 0.271 e. The lowest BCUT2D eigenvalue weighted by Gasteiger charge is -2.33. The molecular weight excluding hydrogens is 456 g/mol. The second kappa shape index (κ2) is 10.6. The van der Waals surface area contributed by atoms with Crippen LogP contribution in [0.5, 0.6) is 11.5 Å². The van der Waals surface area contributed by atoms with Crippen molar-refractivity contribution in [2.45, 2.75) is 19.4 Å². The number of aromatic nitrogens is 2. The summed E-state index contributed by atoms with van der Waals surface area (Å²) in [5.41, 5.74) is 1.28. The molecule has 2 aromatic carbocycles. The number of benzene rings is 2. The molecule has 0 saturated carbocycles. The molecule has 178 valence electrons. The Morgan fingerprint density at radius 3 is 2.71 bits per heavy atom. The van der Waals surface area contributed by atoms with Gasteiger partial charge in [0.2, 0.25) is 5.91 Å². The molecule has 1 saturated heterocycles. The average Bonchev–Trinajstić information content (AvgIpc) is 2.87. The van der Waals surface area contributed by atoms with Crippen LogP contribution in [0.3, 0.4) is 0 Å². The first-order valence-electron chi connectivity index (χ1n) is 11.1. The van der Waals surface area contributed by atoms with Gasteiger partial charge in [-0.2, -0.15) is 4.68 Å². The van der Waals surface area contributed by atoms with Gasteiger partial charge in [0.15, 0.2) is 11.5 Å². The number of methoxy groups -OCH3 is 2. The van der Waals surface area contributed by atoms with Gasteiger partial charge in [0.05, 0.1) is 25.8 Å². The first kappa shape index (κ1) is 23.6. The van der Waals surface area contributed by atoms with Crippen LogP contribution in [0.15, 0.2) is 59.4 Å². The molecule has 0 aliphatic carbocycles. The van der Waals surface area contributed by atoms with Crippen molar-refractivity contribution in [3.63, 3.8) is 0 Å². The average molecular weight is 483 g/mol. The first-order chi connectivity index (χ1) is 16.5. The molecule has 0 bridgehead atoms. The van der Waals surface area contributed by atoms with E-state index < -0.39 is 0 Å². The molecule has 0 radical (unpaired) electrons. The van der Waals surface area contributed by atoms with Crippen LogP contribution in [0.2, 0.25) is 5.02 Å². The van der Waals surface area contributed by atoms with Crippen LogP contribution < -0.4 is 25.2 Å². The number of carbonyl (C=O) groups is 1. The van der Waals surface area contributed by atoms with Crippen molar-refractivity contribution in [2.24, 2.45) is 5.92 Å². The highest BCUT2D eigenvalue weighted by atomic mass is 35.5. The monoisotopic (exact) mass is 482 g/mol. The van der Waals surface area contributed by atoms with Gasteiger partial charge in [-0.15, -0.1) is 5.10 Å². The van der Waals surface area contributed by atoms with Crippen LogP contribution >= 0.6 is 11.6 Å². The second-order valence-electron chi connectivity index (χ2n) is 8.11. The summed E-state index contributed by atoms with van der Waals surface area (Å²) in [5, 5.41) is 8.10. The zero-order valence-electron chi connectivity index (χ0n) is 19.2. The summed E-state index contributed by atoms with van der Waals surface area (Å²) in [6, 6.07) is 15.8. The number of rotatable bonds is 7. The summed E-state index contributed by atoms with van der Waals surface area (Å²) < 4.78 is 11.9. The van der Waals surface area contributed by atoms with E-state index in [2.05, 4.69) is 10.4 Å². The third kappa shape index (κ3) is 5.34. The fraction of sp³-hybridized carbons (Fsp3) is 0.320. The Labute approximate surface area is 203 Å². The minimum atomic E-state index is -0.243. The quantitative estimate of drug-likeness (QED) is 0.555. The number of hydrogen-bond donors (Lipinski definition) is 1. The van der Waals surface area contributed by atoms with Gasteiger partial charge in [-0.1, -0.05) is 23.7 Å². The van der Waals surface area contributed by atoms with E-state index in [1.54, 1.807) is 44.6 Å². The van der Waals surface area contributed by atoms with Gasteiger partial charge in [0.1, 0.15) is 5.82 Å². The molecule has 4 rings (SSSR count). The number of carbonyl (C=O) groups excluding carboxylic acids is 1. The molecule has 2 heterocycles.